The lowest BCUT2D eigenvalue weighted by Crippen LogP contribution is -2.15. The van der Waals surface area contributed by atoms with E-state index in [1.165, 1.54) is 37.4 Å². The van der Waals surface area contributed by atoms with Gasteiger partial charge in [0.15, 0.2) is 0 Å². The molecule has 0 spiro atoms. The lowest BCUT2D eigenvalue weighted by atomic mass is 10.3. The molecule has 0 aliphatic heterocycles. The smallest absolute Gasteiger partial charge is 0.264 e. The first kappa shape index (κ1) is 15.6. The highest BCUT2D eigenvalue weighted by molar-refractivity contribution is 9.10. The van der Waals surface area contributed by atoms with E-state index >= 15 is 0 Å². The zero-order valence-electron chi connectivity index (χ0n) is 10.9. The molecular weight excluding hydrogens is 363 g/mol. The molecule has 0 aliphatic carbocycles. The van der Waals surface area contributed by atoms with Crippen LogP contribution in [0, 0.1) is 5.82 Å². The number of halogens is 2. The Labute approximate surface area is 130 Å². The van der Waals surface area contributed by atoms with Crippen LogP contribution >= 0.6 is 15.9 Å². The van der Waals surface area contributed by atoms with Gasteiger partial charge in [-0.1, -0.05) is 15.9 Å². The minimum Gasteiger partial charge on any atom is -0.497 e. The van der Waals surface area contributed by atoms with E-state index in [1.54, 1.807) is 0 Å². The van der Waals surface area contributed by atoms with Gasteiger partial charge in [0.05, 0.1) is 18.5 Å². The molecule has 0 aromatic heterocycles. The van der Waals surface area contributed by atoms with Crippen molar-refractivity contribution in [3.8, 4) is 5.75 Å². The molecule has 5 nitrogen and oxygen atoms in total. The van der Waals surface area contributed by atoms with E-state index in [1.807, 2.05) is 0 Å². The third-order valence-corrected chi connectivity index (χ3v) is 4.61. The summed E-state index contributed by atoms with van der Waals surface area (Å²) in [6.45, 7) is 0. The zero-order valence-corrected chi connectivity index (χ0v) is 13.3. The number of ether oxygens (including phenoxy) is 1. The van der Waals surface area contributed by atoms with Gasteiger partial charge in [0, 0.05) is 10.5 Å². The van der Waals surface area contributed by atoms with Gasteiger partial charge in [-0.25, -0.2) is 12.8 Å². The van der Waals surface area contributed by atoms with E-state index in [4.69, 9.17) is 10.5 Å². The van der Waals surface area contributed by atoms with Crippen molar-refractivity contribution in [2.75, 3.05) is 17.6 Å². The lowest BCUT2D eigenvalue weighted by molar-refractivity contribution is 0.414. The van der Waals surface area contributed by atoms with Crippen LogP contribution in [0.4, 0.5) is 15.8 Å². The molecule has 112 valence electrons. The molecule has 2 aromatic carbocycles. The van der Waals surface area contributed by atoms with Gasteiger partial charge in [0.1, 0.15) is 16.5 Å². The number of anilines is 2. The third kappa shape index (κ3) is 3.45. The van der Waals surface area contributed by atoms with Gasteiger partial charge >= 0.3 is 0 Å². The van der Waals surface area contributed by atoms with E-state index in [0.29, 0.717) is 10.2 Å². The largest absolute Gasteiger partial charge is 0.497 e. The van der Waals surface area contributed by atoms with Crippen molar-refractivity contribution in [3.63, 3.8) is 0 Å². The Morgan fingerprint density at radius 2 is 1.95 bits per heavy atom. The molecule has 0 atom stereocenters. The number of benzene rings is 2. The summed E-state index contributed by atoms with van der Waals surface area (Å²) in [5, 5.41) is 0. The summed E-state index contributed by atoms with van der Waals surface area (Å²) >= 11 is 3.15. The average Bonchev–Trinajstić information content (AvgIpc) is 2.42. The van der Waals surface area contributed by atoms with Crippen molar-refractivity contribution in [2.45, 2.75) is 4.90 Å². The van der Waals surface area contributed by atoms with Crippen LogP contribution in [-0.2, 0) is 10.0 Å². The topological polar surface area (TPSA) is 81.4 Å². The number of hydrogen-bond donors (Lipinski definition) is 2. The number of rotatable bonds is 4. The molecule has 21 heavy (non-hydrogen) atoms. The Bertz CT molecular complexity index is 781. The van der Waals surface area contributed by atoms with Crippen molar-refractivity contribution in [1.29, 1.82) is 0 Å². The van der Waals surface area contributed by atoms with E-state index in [-0.39, 0.29) is 16.3 Å². The van der Waals surface area contributed by atoms with E-state index < -0.39 is 15.8 Å². The summed E-state index contributed by atoms with van der Waals surface area (Å²) in [5.41, 5.74) is 5.55. The molecule has 3 N–H and O–H groups in total. The molecule has 2 aromatic rings. The van der Waals surface area contributed by atoms with Crippen LogP contribution in [-0.4, -0.2) is 15.5 Å². The number of hydrogen-bond acceptors (Lipinski definition) is 4. The maximum absolute atomic E-state index is 13.6. The van der Waals surface area contributed by atoms with Crippen molar-refractivity contribution in [3.05, 3.63) is 46.7 Å². The van der Waals surface area contributed by atoms with E-state index in [9.17, 15) is 12.8 Å². The molecular formula is C13H12BrFN2O3S. The van der Waals surface area contributed by atoms with Crippen LogP contribution < -0.4 is 15.2 Å². The summed E-state index contributed by atoms with van der Waals surface area (Å²) in [7, 11) is -2.56. The van der Waals surface area contributed by atoms with Crippen LogP contribution in [0.3, 0.4) is 0 Å². The predicted molar refractivity (Wildman–Crippen MR) is 82.3 cm³/mol. The standard InChI is InChI=1S/C13H12BrFN2O3S/c1-20-9-3-5-13(11(16)7-9)21(18,19)17-12-6-8(14)2-4-10(12)15/h2-7,17H,16H2,1H3. The van der Waals surface area contributed by atoms with Crippen LogP contribution in [0.2, 0.25) is 0 Å². The summed E-state index contributed by atoms with van der Waals surface area (Å²) in [5.74, 6) is -0.256. The Balaban J connectivity index is 2.41. The van der Waals surface area contributed by atoms with Crippen LogP contribution in [0.1, 0.15) is 0 Å². The number of methoxy groups -OCH3 is 1. The van der Waals surface area contributed by atoms with Gasteiger partial charge in [0.25, 0.3) is 10.0 Å². The van der Waals surface area contributed by atoms with Gasteiger partial charge < -0.3 is 10.5 Å². The zero-order chi connectivity index (χ0) is 15.6. The maximum atomic E-state index is 13.6. The number of sulfonamides is 1. The predicted octanol–water partition coefficient (Wildman–Crippen LogP) is 2.98. The molecule has 0 saturated carbocycles. The van der Waals surface area contributed by atoms with Crippen molar-refractivity contribution in [1.82, 2.24) is 0 Å². The summed E-state index contributed by atoms with van der Waals surface area (Å²) in [6.07, 6.45) is 0. The number of nitrogens with one attached hydrogen (secondary N) is 1. The van der Waals surface area contributed by atoms with Crippen molar-refractivity contribution in [2.24, 2.45) is 0 Å². The highest BCUT2D eigenvalue weighted by atomic mass is 79.9. The Morgan fingerprint density at radius 1 is 1.24 bits per heavy atom. The van der Waals surface area contributed by atoms with Crippen LogP contribution in [0.15, 0.2) is 45.8 Å². The second-order valence-electron chi connectivity index (χ2n) is 4.13. The number of nitrogen functional groups attached to an aromatic ring is 1. The van der Waals surface area contributed by atoms with Gasteiger partial charge in [-0.3, -0.25) is 4.72 Å². The fourth-order valence-corrected chi connectivity index (χ4v) is 3.21. The second-order valence-corrected chi connectivity index (χ2v) is 6.70. The number of nitrogens with two attached hydrogens (primary N) is 1. The first-order valence-electron chi connectivity index (χ1n) is 5.75. The van der Waals surface area contributed by atoms with Crippen LogP contribution in [0.5, 0.6) is 5.75 Å². The second kappa shape index (κ2) is 5.90. The molecule has 0 saturated heterocycles. The van der Waals surface area contributed by atoms with Crippen molar-refractivity contribution >= 4 is 37.3 Å². The molecule has 2 rings (SSSR count). The Hall–Kier alpha value is -1.80. The molecule has 0 bridgehead atoms. The monoisotopic (exact) mass is 374 g/mol. The molecule has 0 fully saturated rings. The minimum absolute atomic E-state index is 0.0113. The van der Waals surface area contributed by atoms with Crippen molar-refractivity contribution < 1.29 is 17.5 Å². The van der Waals surface area contributed by atoms with E-state index in [0.717, 1.165) is 6.07 Å². The van der Waals surface area contributed by atoms with Gasteiger partial charge in [-0.15, -0.1) is 0 Å². The van der Waals surface area contributed by atoms with Crippen LogP contribution in [0.25, 0.3) is 0 Å². The molecule has 8 heteroatoms. The maximum Gasteiger partial charge on any atom is 0.264 e. The average molecular weight is 375 g/mol. The highest BCUT2D eigenvalue weighted by Crippen LogP contribution is 2.27. The Morgan fingerprint density at radius 3 is 2.57 bits per heavy atom. The lowest BCUT2D eigenvalue weighted by Gasteiger charge is -2.12. The SMILES string of the molecule is COc1ccc(S(=O)(=O)Nc2cc(Br)ccc2F)c(N)c1. The summed E-state index contributed by atoms with van der Waals surface area (Å²) in [6, 6.07) is 8.08. The third-order valence-electron chi connectivity index (χ3n) is 2.68. The van der Waals surface area contributed by atoms with Gasteiger partial charge in [0.2, 0.25) is 0 Å². The van der Waals surface area contributed by atoms with Gasteiger partial charge in [-0.2, -0.15) is 0 Å². The first-order chi connectivity index (χ1) is 9.83. The normalized spacial score (nSPS) is 11.2. The molecule has 0 aliphatic rings. The fraction of sp³-hybridized carbons (Fsp3) is 0.0769. The molecule has 0 amide bonds. The molecule has 0 unspecified atom stereocenters. The Kier molecular flexibility index (Phi) is 4.38. The summed E-state index contributed by atoms with van der Waals surface area (Å²) in [4.78, 5) is -0.150. The van der Waals surface area contributed by atoms with Gasteiger partial charge in [-0.05, 0) is 30.3 Å². The van der Waals surface area contributed by atoms with E-state index in [2.05, 4.69) is 20.7 Å². The first-order valence-corrected chi connectivity index (χ1v) is 8.02. The fourth-order valence-electron chi connectivity index (χ4n) is 1.67. The quantitative estimate of drug-likeness (QED) is 0.806. The molecule has 0 radical (unpaired) electrons. The molecule has 0 heterocycles. The minimum atomic E-state index is -4.00. The summed E-state index contributed by atoms with van der Waals surface area (Å²) < 4.78 is 45.8. The highest BCUT2D eigenvalue weighted by Gasteiger charge is 2.19.